The molecule has 0 aliphatic heterocycles. The van der Waals surface area contributed by atoms with Crippen LogP contribution in [-0.4, -0.2) is 32.1 Å². The van der Waals surface area contributed by atoms with Gasteiger partial charge in [0, 0.05) is 37.4 Å². The average Bonchev–Trinajstić information content (AvgIpc) is 2.42. The topological polar surface area (TPSA) is 58.4 Å². The SMILES string of the molecule is CCCN(CC)c1ccc(C(=O)NCCN)cc1.Cl.Cl. The molecule has 0 saturated heterocycles. The lowest BCUT2D eigenvalue weighted by Gasteiger charge is -2.22. The first-order valence-corrected chi connectivity index (χ1v) is 6.56. The predicted octanol–water partition coefficient (Wildman–Crippen LogP) is 2.46. The summed E-state index contributed by atoms with van der Waals surface area (Å²) in [6.07, 6.45) is 1.12. The maximum atomic E-state index is 11.7. The zero-order valence-corrected chi connectivity index (χ0v) is 13.7. The first-order chi connectivity index (χ1) is 8.72. The van der Waals surface area contributed by atoms with Crippen molar-refractivity contribution in [2.75, 3.05) is 31.1 Å². The number of hydrogen-bond acceptors (Lipinski definition) is 3. The number of carbonyl (C=O) groups is 1. The van der Waals surface area contributed by atoms with Gasteiger partial charge in [0.25, 0.3) is 5.91 Å². The smallest absolute Gasteiger partial charge is 0.251 e. The highest BCUT2D eigenvalue weighted by atomic mass is 35.5. The van der Waals surface area contributed by atoms with E-state index in [-0.39, 0.29) is 30.7 Å². The van der Waals surface area contributed by atoms with Crippen molar-refractivity contribution >= 4 is 36.4 Å². The Kier molecular flexibility index (Phi) is 12.6. The lowest BCUT2D eigenvalue weighted by molar-refractivity contribution is 0.0955. The molecule has 0 saturated carbocycles. The van der Waals surface area contributed by atoms with Gasteiger partial charge in [0.2, 0.25) is 0 Å². The Morgan fingerprint density at radius 2 is 1.80 bits per heavy atom. The normalized spacial score (nSPS) is 9.15. The molecule has 6 heteroatoms. The fourth-order valence-electron chi connectivity index (χ4n) is 1.85. The summed E-state index contributed by atoms with van der Waals surface area (Å²) < 4.78 is 0. The molecule has 0 atom stereocenters. The van der Waals surface area contributed by atoms with Crippen molar-refractivity contribution in [3.63, 3.8) is 0 Å². The maximum absolute atomic E-state index is 11.7. The quantitative estimate of drug-likeness (QED) is 0.811. The van der Waals surface area contributed by atoms with Crippen LogP contribution in [0.4, 0.5) is 5.69 Å². The molecule has 0 fully saturated rings. The molecule has 1 amide bonds. The summed E-state index contributed by atoms with van der Waals surface area (Å²) in [6.45, 7) is 7.29. The summed E-state index contributed by atoms with van der Waals surface area (Å²) in [5.74, 6) is -0.0643. The Morgan fingerprint density at radius 1 is 1.20 bits per heavy atom. The summed E-state index contributed by atoms with van der Waals surface area (Å²) in [4.78, 5) is 14.0. The van der Waals surface area contributed by atoms with Gasteiger partial charge in [-0.3, -0.25) is 4.79 Å². The lowest BCUT2D eigenvalue weighted by Crippen LogP contribution is -2.29. The van der Waals surface area contributed by atoms with Crippen molar-refractivity contribution in [1.82, 2.24) is 5.32 Å². The Hall–Kier alpha value is -0.970. The van der Waals surface area contributed by atoms with E-state index >= 15 is 0 Å². The van der Waals surface area contributed by atoms with Crippen LogP contribution in [0.2, 0.25) is 0 Å². The molecule has 1 aromatic carbocycles. The van der Waals surface area contributed by atoms with Crippen molar-refractivity contribution in [3.05, 3.63) is 29.8 Å². The van der Waals surface area contributed by atoms with Crippen molar-refractivity contribution in [2.24, 2.45) is 5.73 Å². The second-order valence-electron chi connectivity index (χ2n) is 4.17. The van der Waals surface area contributed by atoms with E-state index < -0.39 is 0 Å². The molecule has 0 unspecified atom stereocenters. The van der Waals surface area contributed by atoms with E-state index in [0.29, 0.717) is 18.7 Å². The molecule has 116 valence electrons. The van der Waals surface area contributed by atoms with Gasteiger partial charge in [-0.2, -0.15) is 0 Å². The monoisotopic (exact) mass is 321 g/mol. The minimum atomic E-state index is -0.0643. The third-order valence-corrected chi connectivity index (χ3v) is 2.80. The number of nitrogens with two attached hydrogens (primary N) is 1. The van der Waals surface area contributed by atoms with Crippen LogP contribution >= 0.6 is 24.8 Å². The molecule has 1 rings (SSSR count). The van der Waals surface area contributed by atoms with Crippen LogP contribution in [0.25, 0.3) is 0 Å². The highest BCUT2D eigenvalue weighted by molar-refractivity contribution is 5.94. The van der Waals surface area contributed by atoms with Crippen molar-refractivity contribution < 1.29 is 4.79 Å². The van der Waals surface area contributed by atoms with E-state index in [9.17, 15) is 4.79 Å². The van der Waals surface area contributed by atoms with Gasteiger partial charge in [-0.05, 0) is 37.6 Å². The first kappa shape index (κ1) is 21.3. The van der Waals surface area contributed by atoms with E-state index in [1.165, 1.54) is 0 Å². The number of nitrogens with zero attached hydrogens (tertiary/aromatic N) is 1. The Labute approximate surface area is 133 Å². The van der Waals surface area contributed by atoms with Crippen LogP contribution in [0.3, 0.4) is 0 Å². The molecule has 1 aromatic rings. The minimum absolute atomic E-state index is 0. The summed E-state index contributed by atoms with van der Waals surface area (Å²) in [5.41, 5.74) is 7.19. The standard InChI is InChI=1S/C14H23N3O.2ClH/c1-3-11-17(4-2)13-7-5-12(6-8-13)14(18)16-10-9-15;;/h5-8H,3-4,9-11,15H2,1-2H3,(H,16,18);2*1H. The highest BCUT2D eigenvalue weighted by Crippen LogP contribution is 2.15. The molecule has 3 N–H and O–H groups in total. The average molecular weight is 322 g/mol. The summed E-state index contributed by atoms with van der Waals surface area (Å²) in [6, 6.07) is 7.71. The number of carbonyl (C=O) groups excluding carboxylic acids is 1. The number of anilines is 1. The van der Waals surface area contributed by atoms with Gasteiger partial charge in [0.15, 0.2) is 0 Å². The molecular formula is C14H25Cl2N3O. The van der Waals surface area contributed by atoms with Gasteiger partial charge in [-0.25, -0.2) is 0 Å². The molecule has 0 aliphatic carbocycles. The Morgan fingerprint density at radius 3 is 2.25 bits per heavy atom. The van der Waals surface area contributed by atoms with Crippen LogP contribution in [0, 0.1) is 0 Å². The molecule has 4 nitrogen and oxygen atoms in total. The van der Waals surface area contributed by atoms with E-state index in [1.54, 1.807) is 0 Å². The van der Waals surface area contributed by atoms with Crippen LogP contribution in [0.5, 0.6) is 0 Å². The van der Waals surface area contributed by atoms with Crippen molar-refractivity contribution in [3.8, 4) is 0 Å². The molecule has 0 bridgehead atoms. The van der Waals surface area contributed by atoms with Crippen molar-refractivity contribution in [2.45, 2.75) is 20.3 Å². The van der Waals surface area contributed by atoms with Gasteiger partial charge >= 0.3 is 0 Å². The van der Waals surface area contributed by atoms with Crippen LogP contribution < -0.4 is 16.0 Å². The summed E-state index contributed by atoms with van der Waals surface area (Å²) in [5, 5.41) is 2.76. The van der Waals surface area contributed by atoms with Crippen molar-refractivity contribution in [1.29, 1.82) is 0 Å². The molecule has 20 heavy (non-hydrogen) atoms. The lowest BCUT2D eigenvalue weighted by atomic mass is 10.1. The molecule has 0 spiro atoms. The molecule has 0 aliphatic rings. The summed E-state index contributed by atoms with van der Waals surface area (Å²) >= 11 is 0. The van der Waals surface area contributed by atoms with E-state index in [2.05, 4.69) is 24.1 Å². The van der Waals surface area contributed by atoms with Crippen LogP contribution in [0.15, 0.2) is 24.3 Å². The zero-order chi connectivity index (χ0) is 13.4. The zero-order valence-electron chi connectivity index (χ0n) is 12.1. The van der Waals surface area contributed by atoms with Gasteiger partial charge in [-0.1, -0.05) is 6.92 Å². The van der Waals surface area contributed by atoms with E-state index in [0.717, 1.165) is 25.2 Å². The highest BCUT2D eigenvalue weighted by Gasteiger charge is 2.06. The maximum Gasteiger partial charge on any atom is 0.251 e. The summed E-state index contributed by atoms with van der Waals surface area (Å²) in [7, 11) is 0. The third kappa shape index (κ3) is 6.46. The van der Waals surface area contributed by atoms with Gasteiger partial charge in [0.1, 0.15) is 0 Å². The Bertz CT molecular complexity index is 371. The second kappa shape index (κ2) is 11.8. The molecule has 0 heterocycles. The number of nitrogens with one attached hydrogen (secondary N) is 1. The molecule has 0 aromatic heterocycles. The van der Waals surface area contributed by atoms with Crippen LogP contribution in [-0.2, 0) is 0 Å². The van der Waals surface area contributed by atoms with E-state index in [1.807, 2.05) is 24.3 Å². The number of rotatable bonds is 7. The fourth-order valence-corrected chi connectivity index (χ4v) is 1.85. The van der Waals surface area contributed by atoms with Gasteiger partial charge < -0.3 is 16.0 Å². The van der Waals surface area contributed by atoms with Crippen LogP contribution in [0.1, 0.15) is 30.6 Å². The third-order valence-electron chi connectivity index (χ3n) is 2.80. The predicted molar refractivity (Wildman–Crippen MR) is 90.5 cm³/mol. The fraction of sp³-hybridized carbons (Fsp3) is 0.500. The largest absolute Gasteiger partial charge is 0.372 e. The number of benzene rings is 1. The Balaban J connectivity index is 0. The number of halogens is 2. The van der Waals surface area contributed by atoms with Gasteiger partial charge in [-0.15, -0.1) is 24.8 Å². The van der Waals surface area contributed by atoms with Gasteiger partial charge in [0.05, 0.1) is 0 Å². The minimum Gasteiger partial charge on any atom is -0.372 e. The number of amides is 1. The first-order valence-electron chi connectivity index (χ1n) is 6.56. The van der Waals surface area contributed by atoms with E-state index in [4.69, 9.17) is 5.73 Å². The molecule has 0 radical (unpaired) electrons. The number of hydrogen-bond donors (Lipinski definition) is 2. The molecular weight excluding hydrogens is 297 g/mol. The second-order valence-corrected chi connectivity index (χ2v) is 4.17.